The molecular formula is C14H11F3N2O3. The lowest BCUT2D eigenvalue weighted by Crippen LogP contribution is -2.37. The van der Waals surface area contributed by atoms with Gasteiger partial charge >= 0.3 is 18.0 Å². The average Bonchev–Trinajstić information content (AvgIpc) is 2.45. The highest BCUT2D eigenvalue weighted by Crippen LogP contribution is 2.31. The number of nitrogens with one attached hydrogen (secondary N) is 1. The largest absolute Gasteiger partial charge is 0.618 e. The number of hydrogen-bond donors (Lipinski definition) is 1. The molecule has 0 unspecified atom stereocenters. The molecule has 5 nitrogen and oxygen atoms in total. The molecule has 0 aliphatic rings. The summed E-state index contributed by atoms with van der Waals surface area (Å²) in [4.78, 5) is 11.6. The topological polar surface area (TPSA) is 65.3 Å². The Hall–Kier alpha value is -2.77. The molecule has 1 heterocycles. The third kappa shape index (κ3) is 3.87. The van der Waals surface area contributed by atoms with Gasteiger partial charge in [0.1, 0.15) is 12.3 Å². The Morgan fingerprint density at radius 3 is 2.50 bits per heavy atom. The van der Waals surface area contributed by atoms with Crippen LogP contribution < -0.4 is 10.0 Å². The minimum atomic E-state index is -4.90. The zero-order valence-corrected chi connectivity index (χ0v) is 11.1. The SMILES string of the molecule is O=C(Nc1ccc[n+]([O-])c1C(F)(F)F)OCc1ccccc1. The predicted octanol–water partition coefficient (Wildman–Crippen LogP) is 3.09. The summed E-state index contributed by atoms with van der Waals surface area (Å²) in [5.41, 5.74) is -1.49. The van der Waals surface area contributed by atoms with Crippen LogP contribution >= 0.6 is 0 Å². The molecule has 22 heavy (non-hydrogen) atoms. The van der Waals surface area contributed by atoms with Crippen molar-refractivity contribution in [3.05, 3.63) is 65.1 Å². The molecule has 0 aliphatic carbocycles. The van der Waals surface area contributed by atoms with Crippen molar-refractivity contribution < 1.29 is 27.4 Å². The lowest BCUT2D eigenvalue weighted by atomic mass is 10.2. The number of amides is 1. The van der Waals surface area contributed by atoms with Crippen molar-refractivity contribution in [3.63, 3.8) is 0 Å². The van der Waals surface area contributed by atoms with E-state index in [0.717, 1.165) is 12.1 Å². The van der Waals surface area contributed by atoms with Gasteiger partial charge in [-0.25, -0.2) is 4.79 Å². The van der Waals surface area contributed by atoms with Crippen molar-refractivity contribution in [3.8, 4) is 0 Å². The average molecular weight is 312 g/mol. The Morgan fingerprint density at radius 2 is 1.86 bits per heavy atom. The number of halogens is 3. The van der Waals surface area contributed by atoms with E-state index in [1.807, 2.05) is 5.32 Å². The lowest BCUT2D eigenvalue weighted by Gasteiger charge is -2.12. The van der Waals surface area contributed by atoms with Gasteiger partial charge in [-0.1, -0.05) is 30.3 Å². The maximum atomic E-state index is 12.8. The van der Waals surface area contributed by atoms with Gasteiger partial charge in [0, 0.05) is 6.07 Å². The summed E-state index contributed by atoms with van der Waals surface area (Å²) >= 11 is 0. The van der Waals surface area contributed by atoms with Crippen LogP contribution in [0.3, 0.4) is 0 Å². The van der Waals surface area contributed by atoms with Crippen LogP contribution in [-0.2, 0) is 17.5 Å². The van der Waals surface area contributed by atoms with Crippen LogP contribution in [0.15, 0.2) is 48.7 Å². The van der Waals surface area contributed by atoms with E-state index in [-0.39, 0.29) is 11.3 Å². The van der Waals surface area contributed by atoms with Crippen molar-refractivity contribution in [2.45, 2.75) is 12.8 Å². The number of hydrogen-bond acceptors (Lipinski definition) is 3. The standard InChI is InChI=1S/C14H11F3N2O3/c15-14(16,17)12-11(7-4-8-19(12)21)18-13(20)22-9-10-5-2-1-3-6-10/h1-8H,9H2,(H,18,20). The molecule has 0 saturated heterocycles. The van der Waals surface area contributed by atoms with Crippen molar-refractivity contribution in [1.82, 2.24) is 0 Å². The second-order valence-corrected chi connectivity index (χ2v) is 4.28. The molecule has 1 amide bonds. The van der Waals surface area contributed by atoms with Gasteiger partial charge in [0.25, 0.3) is 0 Å². The van der Waals surface area contributed by atoms with Gasteiger partial charge < -0.3 is 9.94 Å². The van der Waals surface area contributed by atoms with Gasteiger partial charge in [0.2, 0.25) is 0 Å². The summed E-state index contributed by atoms with van der Waals surface area (Å²) in [7, 11) is 0. The minimum absolute atomic E-state index is 0.0990. The minimum Gasteiger partial charge on any atom is -0.618 e. The molecule has 1 aromatic carbocycles. The molecule has 0 radical (unpaired) electrons. The summed E-state index contributed by atoms with van der Waals surface area (Å²) in [5, 5.41) is 13.2. The fraction of sp³-hybridized carbons (Fsp3) is 0.143. The molecule has 0 spiro atoms. The fourth-order valence-electron chi connectivity index (χ4n) is 1.74. The lowest BCUT2D eigenvalue weighted by molar-refractivity contribution is -0.628. The second-order valence-electron chi connectivity index (χ2n) is 4.28. The molecule has 0 saturated carbocycles. The van der Waals surface area contributed by atoms with E-state index in [1.54, 1.807) is 30.3 Å². The van der Waals surface area contributed by atoms with Crippen LogP contribution in [0.2, 0.25) is 0 Å². The first-order valence-electron chi connectivity index (χ1n) is 6.15. The molecule has 1 aromatic heterocycles. The van der Waals surface area contributed by atoms with E-state index in [4.69, 9.17) is 4.74 Å². The van der Waals surface area contributed by atoms with Crippen LogP contribution in [0, 0.1) is 5.21 Å². The third-order valence-corrected chi connectivity index (χ3v) is 2.68. The molecule has 0 fully saturated rings. The van der Waals surface area contributed by atoms with E-state index in [1.165, 1.54) is 0 Å². The first kappa shape index (κ1) is 15.6. The Balaban J connectivity index is 2.08. The molecule has 2 rings (SSSR count). The molecule has 0 aliphatic heterocycles. The number of ether oxygens (including phenoxy) is 1. The number of carbonyl (C=O) groups excluding carboxylic acids is 1. The zero-order chi connectivity index (χ0) is 16.2. The highest BCUT2D eigenvalue weighted by atomic mass is 19.4. The summed E-state index contributed by atoms with van der Waals surface area (Å²) < 4.78 is 42.8. The van der Waals surface area contributed by atoms with Crippen LogP contribution in [0.4, 0.5) is 23.7 Å². The third-order valence-electron chi connectivity index (χ3n) is 2.68. The predicted molar refractivity (Wildman–Crippen MR) is 70.7 cm³/mol. The van der Waals surface area contributed by atoms with Crippen molar-refractivity contribution in [1.29, 1.82) is 0 Å². The molecule has 2 aromatic rings. The molecule has 0 bridgehead atoms. The fourth-order valence-corrected chi connectivity index (χ4v) is 1.74. The van der Waals surface area contributed by atoms with Gasteiger partial charge in [-0.3, -0.25) is 5.32 Å². The Kier molecular flexibility index (Phi) is 4.50. The van der Waals surface area contributed by atoms with Gasteiger partial charge in [-0.15, -0.1) is 0 Å². The Labute approximate surface area is 123 Å². The zero-order valence-electron chi connectivity index (χ0n) is 11.1. The van der Waals surface area contributed by atoms with Gasteiger partial charge in [0.15, 0.2) is 6.20 Å². The number of pyridine rings is 1. The quantitative estimate of drug-likeness (QED) is 0.699. The highest BCUT2D eigenvalue weighted by Gasteiger charge is 2.43. The monoisotopic (exact) mass is 312 g/mol. The number of aromatic nitrogens is 1. The molecule has 1 N–H and O–H groups in total. The number of benzene rings is 1. The van der Waals surface area contributed by atoms with Crippen LogP contribution in [0.5, 0.6) is 0 Å². The number of anilines is 1. The summed E-state index contributed by atoms with van der Waals surface area (Å²) in [6.07, 6.45) is -5.28. The maximum Gasteiger partial charge on any atom is 0.481 e. The number of alkyl halides is 3. The normalized spacial score (nSPS) is 11.0. The summed E-state index contributed by atoms with van der Waals surface area (Å²) in [5.74, 6) is 0. The van der Waals surface area contributed by atoms with Crippen molar-refractivity contribution >= 4 is 11.8 Å². The number of rotatable bonds is 3. The van der Waals surface area contributed by atoms with Crippen molar-refractivity contribution in [2.24, 2.45) is 0 Å². The molecular weight excluding hydrogens is 301 g/mol. The van der Waals surface area contributed by atoms with Crippen LogP contribution in [0.25, 0.3) is 0 Å². The Bertz CT molecular complexity index is 660. The van der Waals surface area contributed by atoms with Crippen LogP contribution in [0.1, 0.15) is 11.3 Å². The maximum absolute atomic E-state index is 12.8. The second kappa shape index (κ2) is 6.33. The Morgan fingerprint density at radius 1 is 1.18 bits per heavy atom. The summed E-state index contributed by atoms with van der Waals surface area (Å²) in [6, 6.07) is 10.7. The van der Waals surface area contributed by atoms with E-state index < -0.39 is 23.7 Å². The van der Waals surface area contributed by atoms with Crippen LogP contribution in [-0.4, -0.2) is 6.09 Å². The van der Waals surface area contributed by atoms with E-state index in [9.17, 15) is 23.2 Å². The van der Waals surface area contributed by atoms with Gasteiger partial charge in [-0.2, -0.15) is 17.9 Å². The molecule has 0 atom stereocenters. The van der Waals surface area contributed by atoms with Crippen molar-refractivity contribution in [2.75, 3.05) is 5.32 Å². The smallest absolute Gasteiger partial charge is 0.481 e. The summed E-state index contributed by atoms with van der Waals surface area (Å²) in [6.45, 7) is -0.0990. The number of carbonyl (C=O) groups is 1. The highest BCUT2D eigenvalue weighted by molar-refractivity contribution is 5.85. The first-order valence-corrected chi connectivity index (χ1v) is 6.15. The van der Waals surface area contributed by atoms with E-state index in [0.29, 0.717) is 11.8 Å². The molecule has 8 heteroatoms. The van der Waals surface area contributed by atoms with E-state index in [2.05, 4.69) is 0 Å². The number of nitrogens with zero attached hydrogens (tertiary/aromatic N) is 1. The van der Waals surface area contributed by atoms with E-state index >= 15 is 0 Å². The van der Waals surface area contributed by atoms with Gasteiger partial charge in [0.05, 0.1) is 0 Å². The first-order chi connectivity index (χ1) is 10.4. The molecule has 116 valence electrons. The van der Waals surface area contributed by atoms with Gasteiger partial charge in [-0.05, 0) is 11.6 Å².